The van der Waals surface area contributed by atoms with E-state index in [4.69, 9.17) is 28.8 Å². The molecule has 5 rings (SSSR count). The Morgan fingerprint density at radius 1 is 0.817 bits per heavy atom. The molecule has 9 N–H and O–H groups in total. The molecule has 5 aliphatic rings. The molecule has 60 heavy (non-hydrogen) atoms. The number of unbranched alkanes of at least 4 members (excludes halogenated alkanes) is 2. The third-order valence-corrected chi connectivity index (χ3v) is 13.1. The molecule has 3 heterocycles. The van der Waals surface area contributed by atoms with Crippen molar-refractivity contribution in [2.75, 3.05) is 45.9 Å². The van der Waals surface area contributed by atoms with Gasteiger partial charge in [-0.2, -0.15) is 0 Å². The topological polar surface area (TPSA) is 258 Å². The molecular formula is C42H74N4O14. The second kappa shape index (κ2) is 24.1. The lowest BCUT2D eigenvalue weighted by atomic mass is 9.75. The Hall–Kier alpha value is -2.07. The molecule has 18 nitrogen and oxygen atoms in total. The van der Waals surface area contributed by atoms with Crippen molar-refractivity contribution in [2.45, 2.75) is 184 Å². The minimum atomic E-state index is -1.61. The SMILES string of the molecule is CCC1CC(C(=O)NCCNCCCCCO)C[C@@H](O[C@@H]2OC(CO)[C@H](O)C(O[C@@H](CC3CCCCC3)C(=O)N3CCC3)C2NC(C)=O)C1O[C@@H]1OC(C)[C@@H](O)C(O)C1O. The summed E-state index contributed by atoms with van der Waals surface area (Å²) < 4.78 is 32.0. The van der Waals surface area contributed by atoms with Gasteiger partial charge in [0.05, 0.1) is 24.9 Å². The molecule has 0 aromatic heterocycles. The van der Waals surface area contributed by atoms with Crippen LogP contribution in [0.3, 0.4) is 0 Å². The summed E-state index contributed by atoms with van der Waals surface area (Å²) in [6.45, 7) is 7.19. The third-order valence-electron chi connectivity index (χ3n) is 13.1. The van der Waals surface area contributed by atoms with Crippen molar-refractivity contribution >= 4 is 17.7 Å². The van der Waals surface area contributed by atoms with Gasteiger partial charge in [-0.3, -0.25) is 14.4 Å². The maximum absolute atomic E-state index is 13.9. The fourth-order valence-corrected chi connectivity index (χ4v) is 9.40. The zero-order chi connectivity index (χ0) is 43.3. The van der Waals surface area contributed by atoms with E-state index in [1.54, 1.807) is 11.8 Å². The van der Waals surface area contributed by atoms with Gasteiger partial charge < -0.3 is 75.2 Å². The molecule has 346 valence electrons. The van der Waals surface area contributed by atoms with Crippen LogP contribution in [0.5, 0.6) is 0 Å². The van der Waals surface area contributed by atoms with Gasteiger partial charge in [0.1, 0.15) is 48.8 Å². The second-order valence-electron chi connectivity index (χ2n) is 17.6. The molecule has 3 amide bonds. The number of nitrogens with one attached hydrogen (secondary N) is 3. The first kappa shape index (κ1) is 49.0. The van der Waals surface area contributed by atoms with E-state index < -0.39 is 98.1 Å². The van der Waals surface area contributed by atoms with Crippen molar-refractivity contribution in [3.63, 3.8) is 0 Å². The van der Waals surface area contributed by atoms with Crippen LogP contribution < -0.4 is 16.0 Å². The van der Waals surface area contributed by atoms with E-state index in [1.807, 2.05) is 6.92 Å². The Bertz CT molecular complexity index is 1330. The van der Waals surface area contributed by atoms with Crippen LogP contribution in [0.4, 0.5) is 0 Å². The lowest BCUT2D eigenvalue weighted by molar-refractivity contribution is -0.338. The number of carbonyl (C=O) groups excluding carboxylic acids is 3. The van der Waals surface area contributed by atoms with Crippen LogP contribution in [0.2, 0.25) is 0 Å². The summed E-state index contributed by atoms with van der Waals surface area (Å²) in [5.74, 6) is -1.53. The first-order valence-electron chi connectivity index (χ1n) is 22.6. The molecule has 0 bridgehead atoms. The van der Waals surface area contributed by atoms with E-state index in [2.05, 4.69) is 16.0 Å². The minimum absolute atomic E-state index is 0.105. The monoisotopic (exact) mass is 859 g/mol. The summed E-state index contributed by atoms with van der Waals surface area (Å²) >= 11 is 0. The molecule has 0 aromatic carbocycles. The number of ether oxygens (including phenoxy) is 5. The smallest absolute Gasteiger partial charge is 0.251 e. The number of aliphatic hydroxyl groups excluding tert-OH is 6. The quantitative estimate of drug-likeness (QED) is 0.0656. The standard InChI is InChI=1S/C42H74N4O14/c1-4-27-21-28(39(54)44-16-15-43-14-9-6-10-19-47)22-29(37(27)60-42-36(53)35(52)33(50)24(2)56-42)58-41-32(45-25(3)49)38(34(51)31(23-48)59-41)57-30(40(55)46-17-11-18-46)20-26-12-7-5-8-13-26/h24,26-38,41-43,47-48,50-53H,4-23H2,1-3H3,(H,44,54)(H,45,49)/t24?,27?,28?,29-,30+,31?,32?,33-,34+,35?,36?,37?,38?,41-,42+/m1/s1. The Labute approximate surface area is 354 Å². The van der Waals surface area contributed by atoms with Crippen LogP contribution >= 0.6 is 0 Å². The summed E-state index contributed by atoms with van der Waals surface area (Å²) in [7, 11) is 0. The van der Waals surface area contributed by atoms with Crippen molar-refractivity contribution < 1.29 is 68.7 Å². The molecule has 9 unspecified atom stereocenters. The van der Waals surface area contributed by atoms with Crippen molar-refractivity contribution in [3.05, 3.63) is 0 Å². The Kier molecular flexibility index (Phi) is 19.7. The van der Waals surface area contributed by atoms with E-state index in [9.17, 15) is 39.9 Å². The van der Waals surface area contributed by atoms with Crippen molar-refractivity contribution in [1.29, 1.82) is 0 Å². The summed E-state index contributed by atoms with van der Waals surface area (Å²) in [6.07, 6.45) is -4.81. The number of carbonyl (C=O) groups is 3. The summed E-state index contributed by atoms with van der Waals surface area (Å²) in [5.41, 5.74) is 0. The van der Waals surface area contributed by atoms with Gasteiger partial charge in [0, 0.05) is 45.6 Å². The lowest BCUT2D eigenvalue weighted by Crippen LogP contribution is -2.67. The Balaban J connectivity index is 1.40. The third kappa shape index (κ3) is 13.0. The minimum Gasteiger partial charge on any atom is -0.396 e. The maximum atomic E-state index is 13.9. The first-order chi connectivity index (χ1) is 28.9. The molecule has 2 saturated carbocycles. The summed E-state index contributed by atoms with van der Waals surface area (Å²) in [6, 6.07) is -1.18. The second-order valence-corrected chi connectivity index (χ2v) is 17.6. The molecule has 18 heteroatoms. The van der Waals surface area contributed by atoms with E-state index in [0.717, 1.165) is 64.3 Å². The molecule has 3 saturated heterocycles. The lowest BCUT2D eigenvalue weighted by Gasteiger charge is -2.49. The molecule has 5 fully saturated rings. The van der Waals surface area contributed by atoms with Gasteiger partial charge in [0.2, 0.25) is 11.8 Å². The van der Waals surface area contributed by atoms with E-state index in [0.29, 0.717) is 45.4 Å². The van der Waals surface area contributed by atoms with Crippen LogP contribution in [0.1, 0.15) is 104 Å². The largest absolute Gasteiger partial charge is 0.396 e. The predicted octanol–water partition coefficient (Wildman–Crippen LogP) is -0.572. The predicted molar refractivity (Wildman–Crippen MR) is 216 cm³/mol. The molecule has 2 aliphatic carbocycles. The summed E-state index contributed by atoms with van der Waals surface area (Å²) in [5, 5.41) is 72.4. The Morgan fingerprint density at radius 3 is 2.22 bits per heavy atom. The highest BCUT2D eigenvalue weighted by Crippen LogP contribution is 2.40. The molecule has 3 aliphatic heterocycles. The van der Waals surface area contributed by atoms with Crippen LogP contribution in [-0.2, 0) is 38.1 Å². The zero-order valence-electron chi connectivity index (χ0n) is 35.8. The van der Waals surface area contributed by atoms with Crippen molar-refractivity contribution in [1.82, 2.24) is 20.9 Å². The number of hydrogen-bond donors (Lipinski definition) is 9. The highest BCUT2D eigenvalue weighted by atomic mass is 16.7. The number of aliphatic hydroxyl groups is 6. The summed E-state index contributed by atoms with van der Waals surface area (Å²) in [4.78, 5) is 42.3. The van der Waals surface area contributed by atoms with E-state index in [1.165, 1.54) is 6.92 Å². The van der Waals surface area contributed by atoms with Gasteiger partial charge in [-0.25, -0.2) is 0 Å². The van der Waals surface area contributed by atoms with Gasteiger partial charge in [0.15, 0.2) is 12.6 Å². The number of likely N-dealkylation sites (tertiary alicyclic amines) is 1. The average molecular weight is 859 g/mol. The average Bonchev–Trinajstić information content (AvgIpc) is 3.21. The van der Waals surface area contributed by atoms with E-state index >= 15 is 0 Å². The molecule has 0 radical (unpaired) electrons. The highest BCUT2D eigenvalue weighted by molar-refractivity contribution is 5.81. The molecule has 15 atom stereocenters. The van der Waals surface area contributed by atoms with Crippen LogP contribution in [-0.4, -0.2) is 179 Å². The highest BCUT2D eigenvalue weighted by Gasteiger charge is 2.53. The fraction of sp³-hybridized carbons (Fsp3) is 0.929. The van der Waals surface area contributed by atoms with Gasteiger partial charge in [0.25, 0.3) is 5.91 Å². The fourth-order valence-electron chi connectivity index (χ4n) is 9.40. The van der Waals surface area contributed by atoms with E-state index in [-0.39, 0.29) is 36.7 Å². The normalized spacial score (nSPS) is 36.9. The van der Waals surface area contributed by atoms with Gasteiger partial charge in [-0.05, 0) is 70.3 Å². The molecule has 0 aromatic rings. The number of hydrogen-bond acceptors (Lipinski definition) is 15. The molecular weight excluding hydrogens is 784 g/mol. The van der Waals surface area contributed by atoms with Gasteiger partial charge in [-0.1, -0.05) is 45.4 Å². The maximum Gasteiger partial charge on any atom is 0.251 e. The first-order valence-corrected chi connectivity index (χ1v) is 22.6. The number of rotatable bonds is 21. The number of amides is 3. The van der Waals surface area contributed by atoms with Crippen LogP contribution in [0, 0.1) is 17.8 Å². The van der Waals surface area contributed by atoms with Gasteiger partial charge >= 0.3 is 0 Å². The van der Waals surface area contributed by atoms with Crippen molar-refractivity contribution in [3.8, 4) is 0 Å². The molecule has 0 spiro atoms. The zero-order valence-corrected chi connectivity index (χ0v) is 35.8. The van der Waals surface area contributed by atoms with Crippen molar-refractivity contribution in [2.24, 2.45) is 17.8 Å². The van der Waals surface area contributed by atoms with Gasteiger partial charge in [-0.15, -0.1) is 0 Å². The van der Waals surface area contributed by atoms with Crippen LogP contribution in [0.15, 0.2) is 0 Å². The Morgan fingerprint density at radius 2 is 1.57 bits per heavy atom. The number of nitrogens with zero attached hydrogens (tertiary/aromatic N) is 1. The van der Waals surface area contributed by atoms with Crippen LogP contribution in [0.25, 0.3) is 0 Å².